The molecule has 1 aromatic heterocycles. The van der Waals surface area contributed by atoms with Gasteiger partial charge in [0.15, 0.2) is 0 Å². The van der Waals surface area contributed by atoms with E-state index in [-0.39, 0.29) is 0 Å². The summed E-state index contributed by atoms with van der Waals surface area (Å²) in [5.41, 5.74) is 3.13. The lowest BCUT2D eigenvalue weighted by Crippen LogP contribution is -2.19. The van der Waals surface area contributed by atoms with E-state index in [1.54, 1.807) is 0 Å². The molecule has 4 heteroatoms. The van der Waals surface area contributed by atoms with Crippen molar-refractivity contribution in [3.05, 3.63) is 53.1 Å². The number of imidazole rings is 1. The predicted molar refractivity (Wildman–Crippen MR) is 80.5 cm³/mol. The van der Waals surface area contributed by atoms with E-state index in [1.165, 1.54) is 5.56 Å². The Labute approximate surface area is 124 Å². The van der Waals surface area contributed by atoms with Gasteiger partial charge in [-0.25, -0.2) is 4.98 Å². The van der Waals surface area contributed by atoms with Gasteiger partial charge in [-0.2, -0.15) is 0 Å². The van der Waals surface area contributed by atoms with Crippen LogP contribution in [0.15, 0.2) is 30.3 Å². The smallest absolute Gasteiger partial charge is 0.312 e. The first-order chi connectivity index (χ1) is 10.2. The molecule has 1 aliphatic carbocycles. The highest BCUT2D eigenvalue weighted by atomic mass is 16.4. The first-order valence-electron chi connectivity index (χ1n) is 7.55. The third kappa shape index (κ3) is 2.58. The molecule has 0 spiro atoms. The molecule has 2 aromatic rings. The molecule has 1 N–H and O–H groups in total. The standard InChI is InChI=1S/C17H20N2O2/c1-2-19-14-10-6-9-13(17(20)21)16(14)18-15(19)11-12-7-4-3-5-8-12/h3-5,7-8,13H,2,6,9-11H2,1H3,(H,20,21). The highest BCUT2D eigenvalue weighted by Crippen LogP contribution is 2.32. The number of nitrogens with zero attached hydrogens (tertiary/aromatic N) is 2. The maximum atomic E-state index is 11.4. The second-order valence-electron chi connectivity index (χ2n) is 5.55. The van der Waals surface area contributed by atoms with E-state index in [4.69, 9.17) is 4.98 Å². The van der Waals surface area contributed by atoms with Crippen molar-refractivity contribution < 1.29 is 9.90 Å². The molecule has 0 aliphatic heterocycles. The highest BCUT2D eigenvalue weighted by molar-refractivity contribution is 5.76. The van der Waals surface area contributed by atoms with Gasteiger partial charge in [0.05, 0.1) is 5.69 Å². The van der Waals surface area contributed by atoms with Gasteiger partial charge in [-0.15, -0.1) is 0 Å². The van der Waals surface area contributed by atoms with Crippen LogP contribution in [0.3, 0.4) is 0 Å². The number of carboxylic acids is 1. The minimum Gasteiger partial charge on any atom is -0.481 e. The highest BCUT2D eigenvalue weighted by Gasteiger charge is 2.31. The summed E-state index contributed by atoms with van der Waals surface area (Å²) in [4.78, 5) is 16.1. The minimum atomic E-state index is -0.747. The van der Waals surface area contributed by atoms with Crippen molar-refractivity contribution in [2.24, 2.45) is 0 Å². The Morgan fingerprint density at radius 1 is 1.38 bits per heavy atom. The fourth-order valence-electron chi connectivity index (χ4n) is 3.24. The van der Waals surface area contributed by atoms with Gasteiger partial charge in [-0.3, -0.25) is 4.79 Å². The number of hydrogen-bond acceptors (Lipinski definition) is 2. The SMILES string of the molecule is CCn1c(Cc2ccccc2)nc2c1CCCC2C(=O)O. The number of carbonyl (C=O) groups is 1. The van der Waals surface area contributed by atoms with E-state index >= 15 is 0 Å². The summed E-state index contributed by atoms with van der Waals surface area (Å²) >= 11 is 0. The third-order valence-corrected chi connectivity index (χ3v) is 4.24. The second kappa shape index (κ2) is 5.72. The van der Waals surface area contributed by atoms with E-state index < -0.39 is 11.9 Å². The lowest BCUT2D eigenvalue weighted by molar-refractivity contribution is -0.139. The zero-order valence-corrected chi connectivity index (χ0v) is 12.2. The van der Waals surface area contributed by atoms with Gasteiger partial charge in [-0.05, 0) is 31.7 Å². The zero-order valence-electron chi connectivity index (χ0n) is 12.2. The summed E-state index contributed by atoms with van der Waals surface area (Å²) in [6.07, 6.45) is 3.33. The van der Waals surface area contributed by atoms with Crippen LogP contribution in [0.2, 0.25) is 0 Å². The van der Waals surface area contributed by atoms with Crippen molar-refractivity contribution in [3.63, 3.8) is 0 Å². The lowest BCUT2D eigenvalue weighted by atomic mass is 9.90. The monoisotopic (exact) mass is 284 g/mol. The molecule has 0 saturated carbocycles. The number of benzene rings is 1. The molecule has 1 atom stereocenters. The number of aromatic nitrogens is 2. The van der Waals surface area contributed by atoms with E-state index in [1.807, 2.05) is 18.2 Å². The van der Waals surface area contributed by atoms with Gasteiger partial charge in [0, 0.05) is 18.7 Å². The Hall–Kier alpha value is -2.10. The Morgan fingerprint density at radius 2 is 2.14 bits per heavy atom. The van der Waals surface area contributed by atoms with Crippen LogP contribution in [0.25, 0.3) is 0 Å². The van der Waals surface area contributed by atoms with Crippen LogP contribution in [0.5, 0.6) is 0 Å². The summed E-state index contributed by atoms with van der Waals surface area (Å²) in [5, 5.41) is 9.40. The molecular formula is C17H20N2O2. The van der Waals surface area contributed by atoms with Crippen LogP contribution in [0, 0.1) is 0 Å². The van der Waals surface area contributed by atoms with Gasteiger partial charge < -0.3 is 9.67 Å². The topological polar surface area (TPSA) is 55.1 Å². The Kier molecular flexibility index (Phi) is 3.78. The van der Waals surface area contributed by atoms with E-state index in [9.17, 15) is 9.90 Å². The normalized spacial score (nSPS) is 17.5. The number of fused-ring (bicyclic) bond motifs is 1. The van der Waals surface area contributed by atoms with Gasteiger partial charge in [0.2, 0.25) is 0 Å². The first-order valence-corrected chi connectivity index (χ1v) is 7.55. The van der Waals surface area contributed by atoms with Crippen LogP contribution in [0.4, 0.5) is 0 Å². The number of aliphatic carboxylic acids is 1. The van der Waals surface area contributed by atoms with E-state index in [2.05, 4.69) is 23.6 Å². The maximum Gasteiger partial charge on any atom is 0.312 e. The van der Waals surface area contributed by atoms with E-state index in [0.29, 0.717) is 6.42 Å². The molecule has 0 amide bonds. The number of rotatable bonds is 4. The van der Waals surface area contributed by atoms with Crippen LogP contribution >= 0.6 is 0 Å². The molecule has 1 aromatic carbocycles. The Morgan fingerprint density at radius 3 is 2.81 bits per heavy atom. The van der Waals surface area contributed by atoms with Crippen molar-refractivity contribution in [3.8, 4) is 0 Å². The Bertz CT molecular complexity index is 646. The van der Waals surface area contributed by atoms with Crippen molar-refractivity contribution in [1.29, 1.82) is 0 Å². The fraction of sp³-hybridized carbons (Fsp3) is 0.412. The quantitative estimate of drug-likeness (QED) is 0.939. The largest absolute Gasteiger partial charge is 0.481 e. The molecule has 1 unspecified atom stereocenters. The zero-order chi connectivity index (χ0) is 14.8. The molecule has 21 heavy (non-hydrogen) atoms. The molecule has 1 heterocycles. The summed E-state index contributed by atoms with van der Waals surface area (Å²) in [6.45, 7) is 2.94. The number of carboxylic acid groups (broad SMARTS) is 1. The molecule has 0 bridgehead atoms. The minimum absolute atomic E-state index is 0.434. The average molecular weight is 284 g/mol. The summed E-state index contributed by atoms with van der Waals surface area (Å²) < 4.78 is 2.21. The summed E-state index contributed by atoms with van der Waals surface area (Å²) in [6, 6.07) is 10.2. The van der Waals surface area contributed by atoms with Gasteiger partial charge >= 0.3 is 5.97 Å². The second-order valence-corrected chi connectivity index (χ2v) is 5.55. The van der Waals surface area contributed by atoms with Crippen LogP contribution in [0.1, 0.15) is 48.5 Å². The summed E-state index contributed by atoms with van der Waals surface area (Å²) in [5.74, 6) is -0.194. The average Bonchev–Trinajstić information content (AvgIpc) is 2.84. The predicted octanol–water partition coefficient (Wildman–Crippen LogP) is 3.00. The maximum absolute atomic E-state index is 11.4. The molecule has 1 aliphatic rings. The van der Waals surface area contributed by atoms with Gasteiger partial charge in [0.1, 0.15) is 11.7 Å². The molecule has 4 nitrogen and oxygen atoms in total. The van der Waals surface area contributed by atoms with Crippen LogP contribution in [-0.4, -0.2) is 20.6 Å². The van der Waals surface area contributed by atoms with Crippen LogP contribution in [-0.2, 0) is 24.2 Å². The fourth-order valence-corrected chi connectivity index (χ4v) is 3.24. The van der Waals surface area contributed by atoms with Crippen LogP contribution < -0.4 is 0 Å². The van der Waals surface area contributed by atoms with Gasteiger partial charge in [-0.1, -0.05) is 30.3 Å². The molecule has 3 rings (SSSR count). The van der Waals surface area contributed by atoms with Crippen molar-refractivity contribution >= 4 is 5.97 Å². The lowest BCUT2D eigenvalue weighted by Gasteiger charge is -2.19. The molecule has 0 saturated heterocycles. The number of hydrogen-bond donors (Lipinski definition) is 1. The van der Waals surface area contributed by atoms with Gasteiger partial charge in [0.25, 0.3) is 0 Å². The Balaban J connectivity index is 2.00. The molecular weight excluding hydrogens is 264 g/mol. The molecule has 0 radical (unpaired) electrons. The van der Waals surface area contributed by atoms with Crippen molar-refractivity contribution in [2.45, 2.75) is 45.1 Å². The molecule has 0 fully saturated rings. The van der Waals surface area contributed by atoms with Crippen molar-refractivity contribution in [1.82, 2.24) is 9.55 Å². The van der Waals surface area contributed by atoms with Crippen molar-refractivity contribution in [2.75, 3.05) is 0 Å². The molecule has 110 valence electrons. The third-order valence-electron chi connectivity index (χ3n) is 4.24. The first kappa shape index (κ1) is 13.9. The summed E-state index contributed by atoms with van der Waals surface area (Å²) in [7, 11) is 0. The van der Waals surface area contributed by atoms with E-state index in [0.717, 1.165) is 43.0 Å².